The maximum Gasteiger partial charge on any atom is 0.310 e. The molecule has 0 atom stereocenters. The smallest absolute Gasteiger partial charge is 0.310 e. The molecule has 0 spiro atoms. The topological polar surface area (TPSA) is 133 Å². The van der Waals surface area contributed by atoms with E-state index in [1.807, 2.05) is 0 Å². The average Bonchev–Trinajstić information content (AvgIpc) is 2.72. The Morgan fingerprint density at radius 2 is 0.929 bits per heavy atom. The third-order valence-corrected chi connectivity index (χ3v) is 3.41. The molecule has 4 N–H and O–H groups in total. The van der Waals surface area contributed by atoms with Crippen LogP contribution in [0.3, 0.4) is 0 Å². The standard InChI is InChI=1S/C20H16N2O6/c23-15(13-7-3-1-4-8-13)11-17(25)19(27)21-22-20(28)18(26)12-16(24)14-9-5-2-6-10-14/h1-12,23-24H,(H,21,27)(H,22,28). The lowest BCUT2D eigenvalue weighted by molar-refractivity contribution is -0.140. The lowest BCUT2D eigenvalue weighted by Gasteiger charge is -2.04. The van der Waals surface area contributed by atoms with Crippen molar-refractivity contribution >= 4 is 34.9 Å². The van der Waals surface area contributed by atoms with E-state index in [4.69, 9.17) is 0 Å². The van der Waals surface area contributed by atoms with Gasteiger partial charge in [0.05, 0.1) is 0 Å². The van der Waals surface area contributed by atoms with Crippen molar-refractivity contribution in [3.05, 3.63) is 83.9 Å². The van der Waals surface area contributed by atoms with Crippen molar-refractivity contribution in [2.24, 2.45) is 0 Å². The Labute approximate surface area is 159 Å². The highest BCUT2D eigenvalue weighted by Gasteiger charge is 2.17. The van der Waals surface area contributed by atoms with E-state index in [9.17, 15) is 29.4 Å². The molecule has 28 heavy (non-hydrogen) atoms. The lowest BCUT2D eigenvalue weighted by Crippen LogP contribution is -2.46. The molecule has 2 rings (SSSR count). The summed E-state index contributed by atoms with van der Waals surface area (Å²) in [6.07, 6.45) is 1.36. The molecule has 0 unspecified atom stereocenters. The molecule has 0 heterocycles. The molecule has 0 fully saturated rings. The zero-order valence-corrected chi connectivity index (χ0v) is 14.5. The fourth-order valence-electron chi connectivity index (χ4n) is 2.00. The van der Waals surface area contributed by atoms with Crippen LogP contribution in [-0.2, 0) is 19.2 Å². The number of hydrogen-bond donors (Lipinski definition) is 4. The molecule has 0 radical (unpaired) electrons. The summed E-state index contributed by atoms with van der Waals surface area (Å²) in [5.74, 6) is -5.67. The minimum absolute atomic E-state index is 0.324. The minimum atomic E-state index is -1.26. The summed E-state index contributed by atoms with van der Waals surface area (Å²) < 4.78 is 0. The van der Waals surface area contributed by atoms with Crippen LogP contribution < -0.4 is 10.9 Å². The van der Waals surface area contributed by atoms with Crippen molar-refractivity contribution in [1.29, 1.82) is 0 Å². The van der Waals surface area contributed by atoms with Gasteiger partial charge in [-0.15, -0.1) is 0 Å². The van der Waals surface area contributed by atoms with Gasteiger partial charge in [-0.05, 0) is 0 Å². The maximum atomic E-state index is 11.7. The van der Waals surface area contributed by atoms with Crippen molar-refractivity contribution in [1.82, 2.24) is 10.9 Å². The molecule has 0 aliphatic heterocycles. The summed E-state index contributed by atoms with van der Waals surface area (Å²) >= 11 is 0. The van der Waals surface area contributed by atoms with Gasteiger partial charge in [0.25, 0.3) is 0 Å². The largest absolute Gasteiger partial charge is 0.507 e. The van der Waals surface area contributed by atoms with E-state index < -0.39 is 34.9 Å². The molecule has 8 nitrogen and oxygen atoms in total. The number of hydrogen-bond acceptors (Lipinski definition) is 6. The van der Waals surface area contributed by atoms with Gasteiger partial charge in [0.1, 0.15) is 11.5 Å². The third-order valence-electron chi connectivity index (χ3n) is 3.41. The van der Waals surface area contributed by atoms with Crippen LogP contribution in [0.1, 0.15) is 11.1 Å². The van der Waals surface area contributed by atoms with Crippen molar-refractivity contribution < 1.29 is 29.4 Å². The molecule has 0 saturated heterocycles. The molecule has 0 aromatic heterocycles. The number of carbonyl (C=O) groups excluding carboxylic acids is 4. The second-order valence-electron chi connectivity index (χ2n) is 5.43. The van der Waals surface area contributed by atoms with Gasteiger partial charge >= 0.3 is 11.8 Å². The third kappa shape index (κ3) is 5.67. The zero-order valence-electron chi connectivity index (χ0n) is 14.5. The van der Waals surface area contributed by atoms with E-state index in [1.54, 1.807) is 47.2 Å². The van der Waals surface area contributed by atoms with Gasteiger partial charge < -0.3 is 10.2 Å². The van der Waals surface area contributed by atoms with Crippen LogP contribution in [0.25, 0.3) is 11.5 Å². The molecule has 0 bridgehead atoms. The molecule has 0 aliphatic carbocycles. The second kappa shape index (κ2) is 9.48. The van der Waals surface area contributed by atoms with Gasteiger partial charge in [0, 0.05) is 23.3 Å². The molecule has 0 aliphatic rings. The first-order valence-corrected chi connectivity index (χ1v) is 7.99. The predicted octanol–water partition coefficient (Wildman–Crippen LogP) is 1.47. The number of hydrazine groups is 1. The monoisotopic (exact) mass is 380 g/mol. The highest BCUT2D eigenvalue weighted by molar-refractivity contribution is 6.44. The van der Waals surface area contributed by atoms with Crippen LogP contribution in [-0.4, -0.2) is 33.6 Å². The first kappa shape index (κ1) is 20.1. The Morgan fingerprint density at radius 1 is 0.607 bits per heavy atom. The fourth-order valence-corrected chi connectivity index (χ4v) is 2.00. The Morgan fingerprint density at radius 3 is 1.25 bits per heavy atom. The van der Waals surface area contributed by atoms with E-state index in [0.29, 0.717) is 23.3 Å². The molecule has 8 heteroatoms. The number of carbonyl (C=O) groups is 4. The molecule has 2 aromatic carbocycles. The zero-order chi connectivity index (χ0) is 20.5. The van der Waals surface area contributed by atoms with Crippen LogP contribution in [0.2, 0.25) is 0 Å². The van der Waals surface area contributed by atoms with E-state index >= 15 is 0 Å². The number of ketones is 2. The number of benzene rings is 2. The molecular formula is C20H16N2O6. The molecule has 2 amide bonds. The number of nitrogens with one attached hydrogen (secondary N) is 2. The Bertz CT molecular complexity index is 870. The SMILES string of the molecule is O=C(C=C(O)c1ccccc1)C(=O)NNC(=O)C(=O)C=C(O)c1ccccc1. The number of aliphatic hydroxyl groups is 2. The van der Waals surface area contributed by atoms with Crippen molar-refractivity contribution in [2.45, 2.75) is 0 Å². The van der Waals surface area contributed by atoms with Crippen LogP contribution in [0, 0.1) is 0 Å². The van der Waals surface area contributed by atoms with E-state index in [-0.39, 0.29) is 0 Å². The summed E-state index contributed by atoms with van der Waals surface area (Å²) in [5, 5.41) is 19.6. The Hall–Kier alpha value is -4.20. The normalized spacial score (nSPS) is 11.4. The van der Waals surface area contributed by atoms with Crippen LogP contribution in [0.15, 0.2) is 72.8 Å². The van der Waals surface area contributed by atoms with Crippen molar-refractivity contribution in [3.63, 3.8) is 0 Å². The van der Waals surface area contributed by atoms with Gasteiger partial charge in [-0.3, -0.25) is 30.0 Å². The van der Waals surface area contributed by atoms with Gasteiger partial charge in [0.15, 0.2) is 0 Å². The van der Waals surface area contributed by atoms with E-state index in [1.165, 1.54) is 24.3 Å². The molecule has 142 valence electrons. The van der Waals surface area contributed by atoms with Gasteiger partial charge in [-0.25, -0.2) is 0 Å². The first-order valence-electron chi connectivity index (χ1n) is 7.99. The van der Waals surface area contributed by atoms with Crippen LogP contribution in [0.4, 0.5) is 0 Å². The van der Waals surface area contributed by atoms with Crippen LogP contribution in [0.5, 0.6) is 0 Å². The summed E-state index contributed by atoms with van der Waals surface area (Å²) in [6, 6.07) is 16.1. The van der Waals surface area contributed by atoms with Crippen molar-refractivity contribution in [3.8, 4) is 0 Å². The number of rotatable bonds is 6. The van der Waals surface area contributed by atoms with E-state index in [2.05, 4.69) is 0 Å². The van der Waals surface area contributed by atoms with Gasteiger partial charge in [-0.2, -0.15) is 0 Å². The maximum absolute atomic E-state index is 11.7. The highest BCUT2D eigenvalue weighted by Crippen LogP contribution is 2.10. The van der Waals surface area contributed by atoms with Gasteiger partial charge in [-0.1, -0.05) is 60.7 Å². The molecule has 2 aromatic rings. The predicted molar refractivity (Wildman–Crippen MR) is 100 cm³/mol. The highest BCUT2D eigenvalue weighted by atomic mass is 16.3. The van der Waals surface area contributed by atoms with E-state index in [0.717, 1.165) is 0 Å². The Balaban J connectivity index is 1.92. The summed E-state index contributed by atoms with van der Waals surface area (Å²) in [7, 11) is 0. The number of aliphatic hydroxyl groups excluding tert-OH is 2. The van der Waals surface area contributed by atoms with Crippen molar-refractivity contribution in [2.75, 3.05) is 0 Å². The lowest BCUT2D eigenvalue weighted by atomic mass is 10.1. The van der Waals surface area contributed by atoms with Gasteiger partial charge in [0.2, 0.25) is 11.6 Å². The van der Waals surface area contributed by atoms with Crippen LogP contribution >= 0.6 is 0 Å². The molecule has 0 saturated carbocycles. The fraction of sp³-hybridized carbons (Fsp3) is 0. The summed E-state index contributed by atoms with van der Waals surface area (Å²) in [5.41, 5.74) is 4.16. The second-order valence-corrected chi connectivity index (χ2v) is 5.43. The molecular weight excluding hydrogens is 364 g/mol. The average molecular weight is 380 g/mol. The number of amides is 2. The Kier molecular flexibility index (Phi) is 6.81. The minimum Gasteiger partial charge on any atom is -0.507 e. The summed E-state index contributed by atoms with van der Waals surface area (Å²) in [4.78, 5) is 46.8. The summed E-state index contributed by atoms with van der Waals surface area (Å²) in [6.45, 7) is 0. The first-order chi connectivity index (χ1) is 13.4. The quantitative estimate of drug-likeness (QED) is 0.260.